The summed E-state index contributed by atoms with van der Waals surface area (Å²) >= 11 is 1.41. The Bertz CT molecular complexity index is 1770. The first kappa shape index (κ1) is 32.2. The Labute approximate surface area is 273 Å². The number of hydrogen-bond acceptors (Lipinski definition) is 6. The summed E-state index contributed by atoms with van der Waals surface area (Å²) in [4.78, 5) is 40.5. The van der Waals surface area contributed by atoms with Crippen LogP contribution in [0.25, 0.3) is 0 Å². The maximum Gasteiger partial charge on any atom is 0.248 e. The molecule has 1 aliphatic rings. The number of hydrogen-bond donors (Lipinski definition) is 2. The Morgan fingerprint density at radius 1 is 0.913 bits per heavy atom. The van der Waals surface area contributed by atoms with E-state index in [0.29, 0.717) is 42.3 Å². The van der Waals surface area contributed by atoms with Gasteiger partial charge < -0.3 is 20.5 Å². The lowest BCUT2D eigenvalue weighted by molar-refractivity contribution is -0.124. The molecule has 0 radical (unpaired) electrons. The van der Waals surface area contributed by atoms with E-state index >= 15 is 0 Å². The van der Waals surface area contributed by atoms with Crippen molar-refractivity contribution in [2.24, 2.45) is 5.73 Å². The largest absolute Gasteiger partial charge is 0.493 e. The highest BCUT2D eigenvalue weighted by Gasteiger charge is 2.42. The molecule has 1 aliphatic heterocycles. The summed E-state index contributed by atoms with van der Waals surface area (Å²) in [6, 6.07) is 29.9. The van der Waals surface area contributed by atoms with Crippen LogP contribution in [0.4, 0.5) is 5.69 Å². The normalized spacial score (nSPS) is 15.5. The van der Waals surface area contributed by atoms with E-state index < -0.39 is 16.5 Å². The van der Waals surface area contributed by atoms with Crippen LogP contribution >= 0.6 is 11.8 Å². The monoisotopic (exact) mass is 633 g/mol. The molecule has 5 rings (SSSR count). The molecule has 4 aromatic carbocycles. The van der Waals surface area contributed by atoms with Crippen molar-refractivity contribution in [3.8, 4) is 23.3 Å². The van der Waals surface area contributed by atoms with Gasteiger partial charge in [0.2, 0.25) is 17.7 Å². The smallest absolute Gasteiger partial charge is 0.248 e. The van der Waals surface area contributed by atoms with Crippen LogP contribution in [0.2, 0.25) is 0 Å². The van der Waals surface area contributed by atoms with Gasteiger partial charge in [-0.05, 0) is 79.1 Å². The molecule has 8 nitrogen and oxygen atoms in total. The third kappa shape index (κ3) is 7.89. The number of ether oxygens (including phenoxy) is 2. The van der Waals surface area contributed by atoms with Crippen molar-refractivity contribution < 1.29 is 23.9 Å². The zero-order valence-electron chi connectivity index (χ0n) is 25.7. The van der Waals surface area contributed by atoms with E-state index in [4.69, 9.17) is 15.2 Å². The Balaban J connectivity index is 1.30. The predicted octanol–water partition coefficient (Wildman–Crippen LogP) is 5.49. The van der Waals surface area contributed by atoms with Gasteiger partial charge in [-0.15, -0.1) is 11.8 Å². The van der Waals surface area contributed by atoms with E-state index in [1.165, 1.54) is 11.8 Å². The molecular weight excluding hydrogens is 598 g/mol. The molecule has 0 bridgehead atoms. The van der Waals surface area contributed by atoms with E-state index in [-0.39, 0.29) is 18.2 Å². The first-order valence-corrected chi connectivity index (χ1v) is 15.9. The molecule has 46 heavy (non-hydrogen) atoms. The number of nitrogens with zero attached hydrogens (tertiary/aromatic N) is 1. The molecule has 234 valence electrons. The molecule has 0 unspecified atom stereocenters. The highest BCUT2D eigenvalue weighted by atomic mass is 32.2. The van der Waals surface area contributed by atoms with Gasteiger partial charge in [0.05, 0.1) is 19.0 Å². The number of benzene rings is 4. The molecule has 2 atom stereocenters. The zero-order chi connectivity index (χ0) is 32.5. The third-order valence-electron chi connectivity index (χ3n) is 7.40. The first-order chi connectivity index (χ1) is 22.4. The molecule has 0 aromatic heterocycles. The fraction of sp³-hybridized carbons (Fsp3) is 0.216. The van der Waals surface area contributed by atoms with Gasteiger partial charge in [-0.1, -0.05) is 54.3 Å². The summed E-state index contributed by atoms with van der Waals surface area (Å²) in [6.07, 6.45) is 0.606. The van der Waals surface area contributed by atoms with Gasteiger partial charge >= 0.3 is 0 Å². The fourth-order valence-corrected chi connectivity index (χ4v) is 6.56. The Hall–Kier alpha value is -5.20. The van der Waals surface area contributed by atoms with Crippen molar-refractivity contribution >= 4 is 35.2 Å². The zero-order valence-corrected chi connectivity index (χ0v) is 26.5. The highest BCUT2D eigenvalue weighted by Crippen LogP contribution is 2.46. The molecule has 0 saturated carbocycles. The second kappa shape index (κ2) is 15.2. The van der Waals surface area contributed by atoms with Gasteiger partial charge in [0, 0.05) is 35.3 Å². The van der Waals surface area contributed by atoms with Crippen LogP contribution in [-0.2, 0) is 16.0 Å². The van der Waals surface area contributed by atoms with Crippen LogP contribution in [0.15, 0.2) is 97.1 Å². The van der Waals surface area contributed by atoms with Gasteiger partial charge in [0.25, 0.3) is 0 Å². The molecule has 0 spiro atoms. The second-order valence-electron chi connectivity index (χ2n) is 10.6. The summed E-state index contributed by atoms with van der Waals surface area (Å²) < 4.78 is 11.0. The summed E-state index contributed by atoms with van der Waals surface area (Å²) in [6.45, 7) is 2.83. The number of amides is 3. The van der Waals surface area contributed by atoms with E-state index in [1.54, 1.807) is 36.3 Å². The van der Waals surface area contributed by atoms with Gasteiger partial charge in [-0.25, -0.2) is 0 Å². The lowest BCUT2D eigenvalue weighted by atomic mass is 10.1. The number of methoxy groups -OCH3 is 1. The van der Waals surface area contributed by atoms with Gasteiger partial charge in [0.15, 0.2) is 11.5 Å². The van der Waals surface area contributed by atoms with Crippen LogP contribution in [0.5, 0.6) is 11.5 Å². The van der Waals surface area contributed by atoms with Crippen LogP contribution in [0.3, 0.4) is 0 Å². The molecule has 3 amide bonds. The average molecular weight is 634 g/mol. The van der Waals surface area contributed by atoms with Crippen molar-refractivity contribution in [1.29, 1.82) is 0 Å². The molecule has 0 aliphatic carbocycles. The number of carbonyl (C=O) groups is 3. The van der Waals surface area contributed by atoms with Crippen molar-refractivity contribution in [3.05, 3.63) is 125 Å². The van der Waals surface area contributed by atoms with E-state index in [1.807, 2.05) is 79.7 Å². The Kier molecular flexibility index (Phi) is 10.6. The van der Waals surface area contributed by atoms with Crippen LogP contribution in [0, 0.1) is 11.8 Å². The Morgan fingerprint density at radius 2 is 1.65 bits per heavy atom. The topological polar surface area (TPSA) is 111 Å². The maximum atomic E-state index is 13.8. The van der Waals surface area contributed by atoms with Crippen molar-refractivity contribution in [3.63, 3.8) is 0 Å². The van der Waals surface area contributed by atoms with E-state index in [9.17, 15) is 14.4 Å². The second-order valence-corrected chi connectivity index (χ2v) is 11.8. The number of primary amides is 1. The highest BCUT2D eigenvalue weighted by molar-refractivity contribution is 8.01. The summed E-state index contributed by atoms with van der Waals surface area (Å²) in [5.41, 5.74) is 10.0. The quantitative estimate of drug-likeness (QED) is 0.212. The molecule has 1 heterocycles. The fourth-order valence-electron chi connectivity index (χ4n) is 5.11. The number of nitrogens with two attached hydrogens (primary N) is 1. The molecule has 3 N–H and O–H groups in total. The minimum absolute atomic E-state index is 0.0133. The maximum absolute atomic E-state index is 13.8. The standard InChI is InChI=1S/C37H35N3O5S/c1-3-45-32-22-27(16-19-31(32)44-2)20-21-39-34(41)24-33-36(43)40(30-11-7-10-29(23-30)35(38)42)37(46-33)28-17-14-26(15-18-28)13-12-25-8-5-4-6-9-25/h4-11,14-19,22-23,33,37H,3,20-21,24H2,1-2H3,(H2,38,42)(H,39,41)/t33-,37+/m1/s1. The minimum atomic E-state index is -0.620. The van der Waals surface area contributed by atoms with Crippen LogP contribution in [-0.4, -0.2) is 43.2 Å². The lowest BCUT2D eigenvalue weighted by Gasteiger charge is -2.24. The first-order valence-electron chi connectivity index (χ1n) is 15.0. The number of nitrogens with one attached hydrogen (secondary N) is 1. The number of anilines is 1. The van der Waals surface area contributed by atoms with Crippen LogP contribution < -0.4 is 25.4 Å². The molecule has 4 aromatic rings. The molecular formula is C37H35N3O5S. The van der Waals surface area contributed by atoms with E-state index in [2.05, 4.69) is 17.2 Å². The summed E-state index contributed by atoms with van der Waals surface area (Å²) in [5.74, 6) is 6.63. The molecule has 1 saturated heterocycles. The number of thioether (sulfide) groups is 1. The van der Waals surface area contributed by atoms with Gasteiger partial charge in [0.1, 0.15) is 5.37 Å². The molecule has 1 fully saturated rings. The molecule has 9 heteroatoms. The lowest BCUT2D eigenvalue weighted by Crippen LogP contribution is -2.34. The van der Waals surface area contributed by atoms with Crippen molar-refractivity contribution in [2.45, 2.75) is 30.4 Å². The predicted molar refractivity (Wildman–Crippen MR) is 181 cm³/mol. The summed E-state index contributed by atoms with van der Waals surface area (Å²) in [7, 11) is 1.59. The average Bonchev–Trinajstić information content (AvgIpc) is 3.39. The van der Waals surface area contributed by atoms with Gasteiger partial charge in [-0.2, -0.15) is 0 Å². The number of rotatable bonds is 11. The number of carbonyl (C=O) groups excluding carboxylic acids is 3. The van der Waals surface area contributed by atoms with Crippen LogP contribution in [0.1, 0.15) is 51.3 Å². The van der Waals surface area contributed by atoms with Crippen molar-refractivity contribution in [1.82, 2.24) is 5.32 Å². The summed E-state index contributed by atoms with van der Waals surface area (Å²) in [5, 5.41) is 1.92. The Morgan fingerprint density at radius 3 is 2.35 bits per heavy atom. The van der Waals surface area contributed by atoms with E-state index in [0.717, 1.165) is 22.3 Å². The van der Waals surface area contributed by atoms with Crippen molar-refractivity contribution in [2.75, 3.05) is 25.2 Å². The minimum Gasteiger partial charge on any atom is -0.493 e. The van der Waals surface area contributed by atoms with Gasteiger partial charge in [-0.3, -0.25) is 19.3 Å². The SMILES string of the molecule is CCOc1cc(CCNC(=O)C[C@H]2S[C@@H](c3ccc(C#Cc4ccccc4)cc3)N(c3cccc(C(N)=O)c3)C2=O)ccc1OC. The third-order valence-corrected chi connectivity index (χ3v) is 8.84.